The number of amides is 2. The molecular weight excluding hydrogens is 545 g/mol. The van der Waals surface area contributed by atoms with Gasteiger partial charge in [-0.2, -0.15) is 41.3 Å². The van der Waals surface area contributed by atoms with E-state index in [9.17, 15) is 40.3 Å². The van der Waals surface area contributed by atoms with Gasteiger partial charge in [0.2, 0.25) is 17.8 Å². The molecule has 10 nitrogen and oxygen atoms in total. The summed E-state index contributed by atoms with van der Waals surface area (Å²) in [6.07, 6.45) is -11.3. The first-order valence-corrected chi connectivity index (χ1v) is 11.6. The summed E-state index contributed by atoms with van der Waals surface area (Å²) in [5, 5.41) is 0. The van der Waals surface area contributed by atoms with E-state index in [-0.39, 0.29) is 57.4 Å². The molecule has 1 aromatic heterocycles. The highest BCUT2D eigenvalue weighted by atomic mass is 19.4. The monoisotopic (exact) mass is 566 g/mol. The van der Waals surface area contributed by atoms with Crippen LogP contribution in [0, 0.1) is 5.82 Å². The van der Waals surface area contributed by atoms with Crippen molar-refractivity contribution in [1.29, 1.82) is 0 Å². The van der Waals surface area contributed by atoms with E-state index in [1.165, 1.54) is 34.1 Å². The van der Waals surface area contributed by atoms with Gasteiger partial charge in [-0.25, -0.2) is 9.29 Å². The average molecular weight is 566 g/mol. The minimum Gasteiger partial charge on any atom is -0.490 e. The molecule has 0 saturated carbocycles. The Morgan fingerprint density at radius 1 is 0.821 bits per heavy atom. The van der Waals surface area contributed by atoms with E-state index in [0.717, 1.165) is 0 Å². The zero-order chi connectivity index (χ0) is 28.4. The van der Waals surface area contributed by atoms with Crippen molar-refractivity contribution in [1.82, 2.24) is 15.0 Å². The number of carbonyl (C=O) groups excluding carboxylic acids is 2. The van der Waals surface area contributed by atoms with Gasteiger partial charge in [0.25, 0.3) is 0 Å². The van der Waals surface area contributed by atoms with Crippen molar-refractivity contribution in [2.24, 2.45) is 0 Å². The van der Waals surface area contributed by atoms with Gasteiger partial charge in [-0.1, -0.05) is 0 Å². The first-order chi connectivity index (χ1) is 18.3. The van der Waals surface area contributed by atoms with E-state index in [2.05, 4.69) is 15.0 Å². The van der Waals surface area contributed by atoms with E-state index >= 15 is 0 Å². The average Bonchev–Trinajstić information content (AvgIpc) is 2.90. The van der Waals surface area contributed by atoms with Crippen LogP contribution in [0.3, 0.4) is 0 Å². The van der Waals surface area contributed by atoms with E-state index in [4.69, 9.17) is 9.47 Å². The fraction of sp³-hybridized carbons (Fsp3) is 0.500. The largest absolute Gasteiger partial charge is 0.490 e. The van der Waals surface area contributed by atoms with E-state index in [0.29, 0.717) is 18.6 Å². The maximum atomic E-state index is 13.2. The smallest absolute Gasteiger partial charge is 0.472 e. The molecule has 2 aromatic rings. The molecule has 2 aliphatic rings. The molecule has 0 atom stereocenters. The number of anilines is 3. The molecule has 0 radical (unpaired) electrons. The van der Waals surface area contributed by atoms with E-state index in [1.54, 1.807) is 0 Å². The van der Waals surface area contributed by atoms with Gasteiger partial charge in [0.05, 0.1) is 13.2 Å². The number of nitrogens with zero attached hydrogens (tertiary/aromatic N) is 6. The Balaban J connectivity index is 1.64. The SMILES string of the molecule is O=C(N(C(=O)C(F)(F)F)c1nc(N2CCOCC2)nc(N2CCC(Oc3ccc(F)cc3)CC2)n1)C(F)(F)F. The van der Waals surface area contributed by atoms with Crippen LogP contribution >= 0.6 is 0 Å². The molecule has 3 heterocycles. The molecule has 2 amide bonds. The number of morpholine rings is 1. The zero-order valence-electron chi connectivity index (χ0n) is 20.0. The lowest BCUT2D eigenvalue weighted by molar-refractivity contribution is -0.182. The molecule has 2 saturated heterocycles. The quantitative estimate of drug-likeness (QED) is 0.506. The third-order valence-corrected chi connectivity index (χ3v) is 5.83. The van der Waals surface area contributed by atoms with Crippen LogP contribution in [0.5, 0.6) is 5.75 Å². The third-order valence-electron chi connectivity index (χ3n) is 5.83. The minimum atomic E-state index is -5.83. The van der Waals surface area contributed by atoms with Crippen LogP contribution in [-0.2, 0) is 14.3 Å². The highest BCUT2D eigenvalue weighted by molar-refractivity contribution is 6.17. The summed E-state index contributed by atoms with van der Waals surface area (Å²) in [6, 6.07) is 5.33. The number of benzene rings is 1. The van der Waals surface area contributed by atoms with Crippen molar-refractivity contribution >= 4 is 29.7 Å². The normalized spacial score (nSPS) is 17.2. The second-order valence-corrected chi connectivity index (χ2v) is 8.53. The van der Waals surface area contributed by atoms with Crippen molar-refractivity contribution in [3.05, 3.63) is 30.1 Å². The number of piperidine rings is 1. The highest BCUT2D eigenvalue weighted by Crippen LogP contribution is 2.30. The number of aromatic nitrogens is 3. The molecule has 2 aliphatic heterocycles. The lowest BCUT2D eigenvalue weighted by Crippen LogP contribution is -2.51. The Labute approximate surface area is 216 Å². The van der Waals surface area contributed by atoms with Crippen LogP contribution in [0.2, 0.25) is 0 Å². The highest BCUT2D eigenvalue weighted by Gasteiger charge is 2.54. The first-order valence-electron chi connectivity index (χ1n) is 11.6. The fourth-order valence-corrected chi connectivity index (χ4v) is 3.90. The Morgan fingerprint density at radius 3 is 1.79 bits per heavy atom. The topological polar surface area (TPSA) is 101 Å². The van der Waals surface area contributed by atoms with Gasteiger partial charge in [-0.3, -0.25) is 9.59 Å². The third kappa shape index (κ3) is 6.82. The summed E-state index contributed by atoms with van der Waals surface area (Å²) in [7, 11) is 0. The van der Waals surface area contributed by atoms with Gasteiger partial charge in [-0.15, -0.1) is 0 Å². The van der Waals surface area contributed by atoms with Crippen molar-refractivity contribution in [3.63, 3.8) is 0 Å². The molecule has 0 aliphatic carbocycles. The second-order valence-electron chi connectivity index (χ2n) is 8.53. The van der Waals surface area contributed by atoms with Crippen LogP contribution in [-0.4, -0.2) is 84.6 Å². The lowest BCUT2D eigenvalue weighted by Gasteiger charge is -2.33. The summed E-state index contributed by atoms with van der Waals surface area (Å²) in [5.41, 5.74) is 0. The number of halogens is 7. The van der Waals surface area contributed by atoms with Crippen molar-refractivity contribution in [2.45, 2.75) is 31.3 Å². The predicted octanol–water partition coefficient (Wildman–Crippen LogP) is 2.88. The molecule has 4 rings (SSSR count). The molecule has 0 N–H and O–H groups in total. The number of carbonyl (C=O) groups is 2. The Hall–Kier alpha value is -3.76. The molecule has 2 fully saturated rings. The molecule has 1 aromatic carbocycles. The van der Waals surface area contributed by atoms with Gasteiger partial charge in [0, 0.05) is 39.0 Å². The molecule has 0 unspecified atom stereocenters. The maximum absolute atomic E-state index is 13.2. The zero-order valence-corrected chi connectivity index (χ0v) is 20.0. The fourth-order valence-electron chi connectivity index (χ4n) is 3.90. The van der Waals surface area contributed by atoms with Crippen molar-refractivity contribution in [2.75, 3.05) is 54.1 Å². The van der Waals surface area contributed by atoms with Gasteiger partial charge in [0.1, 0.15) is 17.7 Å². The summed E-state index contributed by atoms with van der Waals surface area (Å²) >= 11 is 0. The number of ether oxygens (including phenoxy) is 2. The van der Waals surface area contributed by atoms with Crippen LogP contribution in [0.4, 0.5) is 48.6 Å². The number of alkyl halides is 6. The van der Waals surface area contributed by atoms with Crippen LogP contribution < -0.4 is 19.4 Å². The van der Waals surface area contributed by atoms with Crippen LogP contribution in [0.15, 0.2) is 24.3 Å². The molecule has 212 valence electrons. The standard InChI is InChI=1S/C22H21F7N6O4/c23-13-1-3-14(4-2-13)39-15-5-7-33(8-6-15)18-30-19(34-9-11-38-12-10-34)32-20(31-18)35(16(36)21(24,25)26)17(37)22(27,28)29/h1-4,15H,5-12H2. The number of hydrogen-bond acceptors (Lipinski definition) is 9. The van der Waals surface area contributed by atoms with Crippen molar-refractivity contribution in [3.8, 4) is 5.75 Å². The minimum absolute atomic E-state index is 0.150. The van der Waals surface area contributed by atoms with Gasteiger partial charge < -0.3 is 19.3 Å². The number of imide groups is 1. The summed E-state index contributed by atoms with van der Waals surface area (Å²) in [5.74, 6) is -8.27. The van der Waals surface area contributed by atoms with Gasteiger partial charge in [0.15, 0.2) is 0 Å². The lowest BCUT2D eigenvalue weighted by atomic mass is 10.1. The van der Waals surface area contributed by atoms with Crippen molar-refractivity contribution < 1.29 is 49.8 Å². The first kappa shape index (κ1) is 28.3. The molecule has 39 heavy (non-hydrogen) atoms. The summed E-state index contributed by atoms with van der Waals surface area (Å²) in [4.78, 5) is 37.2. The van der Waals surface area contributed by atoms with E-state index < -0.39 is 40.8 Å². The molecular formula is C22H21F7N6O4. The number of rotatable bonds is 5. The van der Waals surface area contributed by atoms with Gasteiger partial charge >= 0.3 is 24.2 Å². The Morgan fingerprint density at radius 2 is 1.31 bits per heavy atom. The van der Waals surface area contributed by atoms with Crippen LogP contribution in [0.25, 0.3) is 0 Å². The number of hydrogen-bond donors (Lipinski definition) is 0. The molecule has 17 heteroatoms. The van der Waals surface area contributed by atoms with E-state index in [1.807, 2.05) is 0 Å². The molecule has 0 bridgehead atoms. The summed E-state index contributed by atoms with van der Waals surface area (Å²) < 4.78 is 104. The van der Waals surface area contributed by atoms with Crippen LogP contribution in [0.1, 0.15) is 12.8 Å². The molecule has 0 spiro atoms. The Bertz CT molecular complexity index is 1150. The maximum Gasteiger partial charge on any atom is 0.472 e. The Kier molecular flexibility index (Phi) is 8.08. The van der Waals surface area contributed by atoms with Gasteiger partial charge in [-0.05, 0) is 24.3 Å². The second kappa shape index (κ2) is 11.2. The summed E-state index contributed by atoms with van der Waals surface area (Å²) in [6.45, 7) is 0.981. The predicted molar refractivity (Wildman–Crippen MR) is 120 cm³/mol.